The lowest BCUT2D eigenvalue weighted by molar-refractivity contribution is -0.143. The van der Waals surface area contributed by atoms with E-state index in [1.54, 1.807) is 0 Å². The molecule has 0 saturated heterocycles. The molecule has 0 saturated carbocycles. The van der Waals surface area contributed by atoms with Crippen LogP contribution in [0.25, 0.3) is 0 Å². The summed E-state index contributed by atoms with van der Waals surface area (Å²) in [6, 6.07) is 8.76. The van der Waals surface area contributed by atoms with Crippen LogP contribution in [-0.2, 0) is 19.1 Å². The summed E-state index contributed by atoms with van der Waals surface area (Å²) in [7, 11) is 2.65. The molecular weight excluding hydrogens is 550 g/mol. The van der Waals surface area contributed by atoms with Gasteiger partial charge in [0.25, 0.3) is 5.91 Å². The quantitative estimate of drug-likeness (QED) is 0.191. The van der Waals surface area contributed by atoms with Gasteiger partial charge in [0.2, 0.25) is 0 Å². The van der Waals surface area contributed by atoms with Crippen LogP contribution in [0.15, 0.2) is 48.5 Å². The summed E-state index contributed by atoms with van der Waals surface area (Å²) in [5.74, 6) is -3.05. The third-order valence-electron chi connectivity index (χ3n) is 5.71. The van der Waals surface area contributed by atoms with Crippen molar-refractivity contribution < 1.29 is 42.5 Å². The van der Waals surface area contributed by atoms with Crippen LogP contribution in [0.1, 0.15) is 93.4 Å². The number of halogens is 2. The van der Waals surface area contributed by atoms with Gasteiger partial charge in [0.1, 0.15) is 23.7 Å². The number of unbranched alkanes of at least 4 members (excludes halogenated alkanes) is 4. The number of carbonyl (C=O) groups is 4. The van der Waals surface area contributed by atoms with Gasteiger partial charge in [0, 0.05) is 5.56 Å². The maximum absolute atomic E-state index is 12.8. The van der Waals surface area contributed by atoms with Crippen LogP contribution in [0.3, 0.4) is 0 Å². The highest BCUT2D eigenvalue weighted by Crippen LogP contribution is 2.08. The number of aromatic carboxylic acids is 1. The summed E-state index contributed by atoms with van der Waals surface area (Å²) < 4.78 is 34.1. The molecule has 1 amide bonds. The third kappa shape index (κ3) is 17.8. The Balaban J connectivity index is 0. The lowest BCUT2D eigenvalue weighted by atomic mass is 10.1. The molecule has 0 aliphatic rings. The predicted octanol–water partition coefficient (Wildman–Crippen LogP) is 5.90. The van der Waals surface area contributed by atoms with Crippen LogP contribution in [-0.4, -0.2) is 55.2 Å². The van der Waals surface area contributed by atoms with Gasteiger partial charge < -0.3 is 25.6 Å². The number of benzene rings is 2. The Hall–Kier alpha value is -3.86. The number of methoxy groups -OCH3 is 2. The minimum absolute atomic E-state index is 0. The number of amides is 1. The van der Waals surface area contributed by atoms with E-state index in [4.69, 9.17) is 10.8 Å². The fourth-order valence-electron chi connectivity index (χ4n) is 3.31. The van der Waals surface area contributed by atoms with Crippen LogP contribution in [0.4, 0.5) is 8.78 Å². The van der Waals surface area contributed by atoms with Crippen molar-refractivity contribution in [2.45, 2.75) is 84.7 Å². The van der Waals surface area contributed by atoms with Gasteiger partial charge >= 0.3 is 17.9 Å². The second-order valence-corrected chi connectivity index (χ2v) is 8.99. The molecule has 0 aliphatic carbocycles. The Morgan fingerprint density at radius 3 is 1.60 bits per heavy atom. The van der Waals surface area contributed by atoms with Crippen molar-refractivity contribution in [3.63, 3.8) is 0 Å². The van der Waals surface area contributed by atoms with Crippen molar-refractivity contribution in [1.29, 1.82) is 0 Å². The molecule has 2 atom stereocenters. The first-order valence-corrected chi connectivity index (χ1v) is 13.5. The Morgan fingerprint density at radius 1 is 0.762 bits per heavy atom. The van der Waals surface area contributed by atoms with E-state index in [1.807, 2.05) is 0 Å². The van der Waals surface area contributed by atoms with E-state index in [1.165, 1.54) is 50.6 Å². The second kappa shape index (κ2) is 23.8. The van der Waals surface area contributed by atoms with E-state index in [0.717, 1.165) is 57.1 Å². The van der Waals surface area contributed by atoms with Crippen molar-refractivity contribution in [1.82, 2.24) is 5.32 Å². The minimum Gasteiger partial charge on any atom is -0.478 e. The number of esters is 2. The second-order valence-electron chi connectivity index (χ2n) is 8.99. The highest BCUT2D eigenvalue weighted by atomic mass is 19.1. The molecule has 9 nitrogen and oxygen atoms in total. The van der Waals surface area contributed by atoms with Crippen LogP contribution in [0.5, 0.6) is 0 Å². The molecule has 0 unspecified atom stereocenters. The molecule has 2 aromatic rings. The average molecular weight is 597 g/mol. The van der Waals surface area contributed by atoms with Gasteiger partial charge in [-0.3, -0.25) is 9.59 Å². The van der Waals surface area contributed by atoms with Crippen molar-refractivity contribution in [3.05, 3.63) is 71.3 Å². The molecule has 0 radical (unpaired) electrons. The van der Waals surface area contributed by atoms with E-state index in [-0.39, 0.29) is 19.0 Å². The fraction of sp³-hybridized carbons (Fsp3) is 0.484. The Kier molecular flexibility index (Phi) is 22.8. The van der Waals surface area contributed by atoms with Crippen molar-refractivity contribution in [2.24, 2.45) is 5.73 Å². The highest BCUT2D eigenvalue weighted by molar-refractivity contribution is 5.96. The predicted molar refractivity (Wildman–Crippen MR) is 158 cm³/mol. The minimum atomic E-state index is -1.04. The number of carboxylic acid groups (broad SMARTS) is 1. The number of hydrogen-bond donors (Lipinski definition) is 3. The number of carboxylic acids is 1. The summed E-state index contributed by atoms with van der Waals surface area (Å²) in [5.41, 5.74) is 5.91. The van der Waals surface area contributed by atoms with Crippen molar-refractivity contribution in [2.75, 3.05) is 14.2 Å². The molecule has 0 bridgehead atoms. The van der Waals surface area contributed by atoms with E-state index in [2.05, 4.69) is 28.6 Å². The highest BCUT2D eigenvalue weighted by Gasteiger charge is 2.21. The first-order chi connectivity index (χ1) is 19.5. The SMILES string of the molecule is C.CCCCC[C@H](N)C(=O)OC.CCCCC[C@H](NC(=O)c1ccc(F)cc1)C(=O)OC.O=C(O)c1ccc(F)cc1. The summed E-state index contributed by atoms with van der Waals surface area (Å²) >= 11 is 0. The average Bonchev–Trinajstić information content (AvgIpc) is 2.97. The third-order valence-corrected chi connectivity index (χ3v) is 5.71. The summed E-state index contributed by atoms with van der Waals surface area (Å²) in [6.45, 7) is 4.17. The number of nitrogens with two attached hydrogens (primary N) is 1. The molecule has 0 aromatic heterocycles. The molecule has 2 rings (SSSR count). The maximum Gasteiger partial charge on any atom is 0.335 e. The van der Waals surface area contributed by atoms with E-state index >= 15 is 0 Å². The fourth-order valence-corrected chi connectivity index (χ4v) is 3.31. The first-order valence-electron chi connectivity index (χ1n) is 13.5. The number of nitrogens with one attached hydrogen (secondary N) is 1. The van der Waals surface area contributed by atoms with E-state index < -0.39 is 41.6 Å². The monoisotopic (exact) mass is 596 g/mol. The Morgan fingerprint density at radius 2 is 1.19 bits per heavy atom. The molecular formula is C31H46F2N2O7. The van der Waals surface area contributed by atoms with Gasteiger partial charge in [-0.25, -0.2) is 18.4 Å². The van der Waals surface area contributed by atoms with Gasteiger partial charge in [-0.1, -0.05) is 59.8 Å². The standard InChI is InChI=1S/C15H20FNO3.C8H17NO2.C7H5FO2.CH4/c1-3-4-5-6-13(15(19)20-2)17-14(18)11-7-9-12(16)10-8-11;1-3-4-5-6-7(9)8(10)11-2;8-6-3-1-5(2-4-6)7(9)10;/h7-10,13H,3-6H2,1-2H3,(H,17,18);7H,3-6,9H2,1-2H3;1-4H,(H,9,10);1H4/t13-;7-;;/m00../s1. The number of ether oxygens (including phenoxy) is 2. The molecule has 236 valence electrons. The van der Waals surface area contributed by atoms with Gasteiger partial charge in [0.05, 0.1) is 19.8 Å². The number of rotatable bonds is 13. The van der Waals surface area contributed by atoms with Crippen LogP contribution < -0.4 is 11.1 Å². The molecule has 0 fully saturated rings. The zero-order chi connectivity index (χ0) is 31.2. The van der Waals surface area contributed by atoms with Crippen LogP contribution in [0, 0.1) is 11.6 Å². The normalized spacial score (nSPS) is 11.1. The Labute approximate surface area is 247 Å². The van der Waals surface area contributed by atoms with Crippen molar-refractivity contribution >= 4 is 23.8 Å². The van der Waals surface area contributed by atoms with Gasteiger partial charge in [-0.2, -0.15) is 0 Å². The summed E-state index contributed by atoms with van der Waals surface area (Å²) in [6.07, 6.45) is 7.40. The Bertz CT molecular complexity index is 1050. The topological polar surface area (TPSA) is 145 Å². The molecule has 4 N–H and O–H groups in total. The van der Waals surface area contributed by atoms with Crippen LogP contribution >= 0.6 is 0 Å². The summed E-state index contributed by atoms with van der Waals surface area (Å²) in [5, 5.41) is 11.0. The number of carbonyl (C=O) groups excluding carboxylic acids is 3. The van der Waals surface area contributed by atoms with Gasteiger partial charge in [-0.15, -0.1) is 0 Å². The van der Waals surface area contributed by atoms with Crippen molar-refractivity contribution in [3.8, 4) is 0 Å². The van der Waals surface area contributed by atoms with Gasteiger partial charge in [0.15, 0.2) is 0 Å². The maximum atomic E-state index is 12.8. The molecule has 0 spiro atoms. The zero-order valence-corrected chi connectivity index (χ0v) is 24.2. The smallest absolute Gasteiger partial charge is 0.335 e. The lowest BCUT2D eigenvalue weighted by Gasteiger charge is -2.16. The van der Waals surface area contributed by atoms with E-state index in [0.29, 0.717) is 12.0 Å². The van der Waals surface area contributed by atoms with E-state index in [9.17, 15) is 28.0 Å². The largest absolute Gasteiger partial charge is 0.478 e. The number of hydrogen-bond acceptors (Lipinski definition) is 7. The molecule has 0 aliphatic heterocycles. The van der Waals surface area contributed by atoms with Gasteiger partial charge in [-0.05, 0) is 61.4 Å². The van der Waals surface area contributed by atoms with Crippen LogP contribution in [0.2, 0.25) is 0 Å². The first kappa shape index (κ1) is 40.3. The summed E-state index contributed by atoms with van der Waals surface area (Å²) in [4.78, 5) is 44.6. The molecule has 42 heavy (non-hydrogen) atoms. The molecule has 11 heteroatoms. The molecule has 2 aromatic carbocycles. The lowest BCUT2D eigenvalue weighted by Crippen LogP contribution is -2.41. The molecule has 0 heterocycles. The zero-order valence-electron chi connectivity index (χ0n) is 24.2.